The van der Waals surface area contributed by atoms with E-state index in [2.05, 4.69) is 30.2 Å². The summed E-state index contributed by atoms with van der Waals surface area (Å²) in [5.41, 5.74) is 0. The molecule has 6 unspecified atom stereocenters. The van der Waals surface area contributed by atoms with E-state index in [0.29, 0.717) is 13.0 Å². The Bertz CT molecular complexity index is 1240. The van der Waals surface area contributed by atoms with Crippen LogP contribution in [0.1, 0.15) is 271 Å². The average Bonchev–Trinajstić information content (AvgIpc) is 3.31. The zero-order valence-electron chi connectivity index (χ0n) is 43.7. The summed E-state index contributed by atoms with van der Waals surface area (Å²) in [6.45, 7) is 4.04. The lowest BCUT2D eigenvalue weighted by Gasteiger charge is -2.41. The Morgan fingerprint density at radius 1 is 0.544 bits per heavy atom. The molecule has 0 saturated carbocycles. The number of aliphatic hydroxyl groups is 3. The molecule has 4 N–H and O–H groups in total. The summed E-state index contributed by atoms with van der Waals surface area (Å²) in [6.07, 6.45) is 45.5. The first kappa shape index (κ1) is 64.9. The minimum atomic E-state index is -5.06. The van der Waals surface area contributed by atoms with Crippen LogP contribution in [0, 0.1) is 0 Å². The van der Waals surface area contributed by atoms with Crippen LogP contribution in [0.3, 0.4) is 0 Å². The number of unbranched alkanes of at least 4 members (excludes halogenated alkanes) is 36. The number of carbonyl (C=O) groups excluding carboxylic acids is 1. The van der Waals surface area contributed by atoms with Crippen LogP contribution in [0.25, 0.3) is 0 Å². The Kier molecular flexibility index (Phi) is 44.7. The van der Waals surface area contributed by atoms with Crippen molar-refractivity contribution < 1.29 is 56.2 Å². The highest BCUT2D eigenvalue weighted by Gasteiger charge is 2.48. The van der Waals surface area contributed by atoms with E-state index in [1.54, 1.807) is 0 Å². The average molecular weight is 992 g/mol. The van der Waals surface area contributed by atoms with Crippen molar-refractivity contribution in [2.24, 2.45) is 0 Å². The molecule has 0 amide bonds. The Morgan fingerprint density at radius 3 is 1.32 bits per heavy atom. The van der Waals surface area contributed by atoms with Crippen molar-refractivity contribution in [3.05, 3.63) is 12.2 Å². The molecule has 0 spiro atoms. The maximum absolute atomic E-state index is 12.9. The quantitative estimate of drug-likeness (QED) is 0.0196. The van der Waals surface area contributed by atoms with Gasteiger partial charge in [0, 0.05) is 13.0 Å². The van der Waals surface area contributed by atoms with Gasteiger partial charge >= 0.3 is 16.4 Å². The molecular weight excluding hydrogens is 885 g/mol. The number of ether oxygens (including phenoxy) is 4. The van der Waals surface area contributed by atoms with E-state index < -0.39 is 59.8 Å². The van der Waals surface area contributed by atoms with Crippen LogP contribution >= 0.6 is 0 Å². The van der Waals surface area contributed by atoms with Crippen LogP contribution in [-0.4, -0.2) is 97.5 Å². The highest BCUT2D eigenvalue weighted by atomic mass is 32.3. The predicted molar refractivity (Wildman–Crippen MR) is 276 cm³/mol. The Balaban J connectivity index is 2.25. The molecule has 0 radical (unpaired) electrons. The van der Waals surface area contributed by atoms with Gasteiger partial charge in [0.2, 0.25) is 0 Å². The number of hydrogen-bond donors (Lipinski definition) is 4. The van der Waals surface area contributed by atoms with Gasteiger partial charge in [-0.15, -0.1) is 0 Å². The second-order valence-electron chi connectivity index (χ2n) is 19.9. The molecule has 404 valence electrons. The standard InChI is InChI=1S/C55H106O12S/c1-3-5-7-9-11-13-15-17-19-20-21-22-23-24-25-26-27-28-29-31-33-35-37-39-41-43-45-63-47-49(48-64-55-53(59)54(67-68(60,61)62)52(58)50(46-56)66-55)65-51(57)44-42-40-38-36-34-32-30-18-16-14-12-10-8-6-4-2/h18,30,49-50,52-56,58-59H,3-17,19-29,31-48H2,1-2H3,(H,60,61,62)/b30-18-. The Hall–Kier alpha value is -1.16. The molecule has 0 bridgehead atoms. The van der Waals surface area contributed by atoms with Crippen LogP contribution < -0.4 is 0 Å². The third-order valence-corrected chi connectivity index (χ3v) is 13.9. The van der Waals surface area contributed by atoms with Crippen LogP contribution in [-0.2, 0) is 38.3 Å². The normalized spacial score (nSPS) is 19.3. The lowest BCUT2D eigenvalue weighted by Crippen LogP contribution is -2.60. The SMILES string of the molecule is CCCCCCCC/C=C\CCCCCCCC(=O)OC(COCCCCCCCCCCCCCCCCCCCCCCCCCCCC)COC1OC(CO)C(O)C(OS(=O)(=O)O)C1O. The number of hydrogen-bond acceptors (Lipinski definition) is 11. The van der Waals surface area contributed by atoms with Gasteiger partial charge in [-0.1, -0.05) is 238 Å². The Labute approximate surface area is 417 Å². The van der Waals surface area contributed by atoms with Crippen molar-refractivity contribution in [2.45, 2.75) is 307 Å². The zero-order valence-corrected chi connectivity index (χ0v) is 44.5. The van der Waals surface area contributed by atoms with Gasteiger partial charge in [-0.2, -0.15) is 8.42 Å². The topological polar surface area (TPSA) is 178 Å². The number of esters is 1. The number of aliphatic hydroxyl groups excluding tert-OH is 3. The Morgan fingerprint density at radius 2 is 0.926 bits per heavy atom. The molecule has 1 fully saturated rings. The summed E-state index contributed by atoms with van der Waals surface area (Å²) < 4.78 is 59.3. The third-order valence-electron chi connectivity index (χ3n) is 13.4. The summed E-state index contributed by atoms with van der Waals surface area (Å²) >= 11 is 0. The molecule has 13 heteroatoms. The molecule has 1 saturated heterocycles. The van der Waals surface area contributed by atoms with Crippen LogP contribution in [0.5, 0.6) is 0 Å². The van der Waals surface area contributed by atoms with Gasteiger partial charge in [-0.25, -0.2) is 4.18 Å². The third kappa shape index (κ3) is 39.5. The van der Waals surface area contributed by atoms with Crippen molar-refractivity contribution in [1.29, 1.82) is 0 Å². The first-order valence-electron chi connectivity index (χ1n) is 28.4. The summed E-state index contributed by atoms with van der Waals surface area (Å²) in [5.74, 6) is -0.401. The summed E-state index contributed by atoms with van der Waals surface area (Å²) in [4.78, 5) is 12.9. The van der Waals surface area contributed by atoms with Gasteiger partial charge in [0.25, 0.3) is 0 Å². The van der Waals surface area contributed by atoms with Crippen molar-refractivity contribution in [1.82, 2.24) is 0 Å². The van der Waals surface area contributed by atoms with Gasteiger partial charge in [0.1, 0.15) is 30.5 Å². The minimum Gasteiger partial charge on any atom is -0.457 e. The van der Waals surface area contributed by atoms with E-state index in [-0.39, 0.29) is 19.6 Å². The largest absolute Gasteiger partial charge is 0.457 e. The van der Waals surface area contributed by atoms with E-state index >= 15 is 0 Å². The van der Waals surface area contributed by atoms with E-state index in [0.717, 1.165) is 57.8 Å². The lowest BCUT2D eigenvalue weighted by molar-refractivity contribution is -0.301. The summed E-state index contributed by atoms with van der Waals surface area (Å²) in [6, 6.07) is 0. The fourth-order valence-corrected chi connectivity index (χ4v) is 9.59. The van der Waals surface area contributed by atoms with Gasteiger partial charge < -0.3 is 34.3 Å². The molecule has 0 aromatic rings. The van der Waals surface area contributed by atoms with Crippen molar-refractivity contribution in [2.75, 3.05) is 26.4 Å². The highest BCUT2D eigenvalue weighted by Crippen LogP contribution is 2.26. The maximum Gasteiger partial charge on any atom is 0.397 e. The first-order chi connectivity index (χ1) is 33.1. The van der Waals surface area contributed by atoms with E-state index in [1.807, 2.05) is 0 Å². The fourth-order valence-electron chi connectivity index (χ4n) is 9.08. The second-order valence-corrected chi connectivity index (χ2v) is 20.9. The van der Waals surface area contributed by atoms with Gasteiger partial charge in [0.15, 0.2) is 6.29 Å². The molecule has 0 aliphatic carbocycles. The number of carbonyl (C=O) groups is 1. The molecular formula is C55H106O12S. The molecule has 0 aromatic heterocycles. The molecule has 6 atom stereocenters. The fraction of sp³-hybridized carbons (Fsp3) is 0.945. The first-order valence-corrected chi connectivity index (χ1v) is 29.8. The van der Waals surface area contributed by atoms with Crippen molar-refractivity contribution >= 4 is 16.4 Å². The molecule has 1 heterocycles. The predicted octanol–water partition coefficient (Wildman–Crippen LogP) is 13.8. The highest BCUT2D eigenvalue weighted by molar-refractivity contribution is 7.80. The van der Waals surface area contributed by atoms with E-state index in [1.165, 1.54) is 186 Å². The van der Waals surface area contributed by atoms with Crippen LogP contribution in [0.4, 0.5) is 0 Å². The molecule has 1 aliphatic rings. The summed E-state index contributed by atoms with van der Waals surface area (Å²) in [5, 5.41) is 30.8. The van der Waals surface area contributed by atoms with E-state index in [9.17, 15) is 33.1 Å². The zero-order chi connectivity index (χ0) is 49.6. The molecule has 68 heavy (non-hydrogen) atoms. The second kappa shape index (κ2) is 46.9. The number of allylic oxidation sites excluding steroid dienone is 2. The van der Waals surface area contributed by atoms with Gasteiger partial charge in [0.05, 0.1) is 19.8 Å². The monoisotopic (exact) mass is 991 g/mol. The van der Waals surface area contributed by atoms with Crippen molar-refractivity contribution in [3.63, 3.8) is 0 Å². The lowest BCUT2D eigenvalue weighted by atomic mass is 9.99. The molecule has 1 aliphatic heterocycles. The summed E-state index contributed by atoms with van der Waals surface area (Å²) in [7, 11) is -5.06. The van der Waals surface area contributed by atoms with Gasteiger partial charge in [-0.05, 0) is 38.5 Å². The van der Waals surface area contributed by atoms with Crippen molar-refractivity contribution in [3.8, 4) is 0 Å². The maximum atomic E-state index is 12.9. The van der Waals surface area contributed by atoms with Crippen LogP contribution in [0.15, 0.2) is 12.2 Å². The minimum absolute atomic E-state index is 0.0391. The molecule has 1 rings (SSSR count). The molecule has 0 aromatic carbocycles. The molecule has 12 nitrogen and oxygen atoms in total. The van der Waals surface area contributed by atoms with Crippen LogP contribution in [0.2, 0.25) is 0 Å². The number of rotatable bonds is 51. The van der Waals surface area contributed by atoms with Gasteiger partial charge in [-0.3, -0.25) is 9.35 Å². The smallest absolute Gasteiger partial charge is 0.397 e. The van der Waals surface area contributed by atoms with E-state index in [4.69, 9.17) is 18.9 Å².